The van der Waals surface area contributed by atoms with Crippen LogP contribution in [0.25, 0.3) is 0 Å². The minimum absolute atomic E-state index is 0.255. The van der Waals surface area contributed by atoms with Crippen LogP contribution >= 0.6 is 11.8 Å². The van der Waals surface area contributed by atoms with Gasteiger partial charge in [0, 0.05) is 12.4 Å². The van der Waals surface area contributed by atoms with Crippen LogP contribution in [0.1, 0.15) is 18.4 Å². The lowest BCUT2D eigenvalue weighted by atomic mass is 10.2. The van der Waals surface area contributed by atoms with E-state index in [0.717, 1.165) is 23.0 Å². The predicted molar refractivity (Wildman–Crippen MR) is 53.7 cm³/mol. The van der Waals surface area contributed by atoms with Crippen molar-refractivity contribution in [1.29, 1.82) is 0 Å². The van der Waals surface area contributed by atoms with E-state index >= 15 is 0 Å². The van der Waals surface area contributed by atoms with Crippen molar-refractivity contribution in [3.63, 3.8) is 0 Å². The van der Waals surface area contributed by atoms with Crippen LogP contribution in [0.5, 0.6) is 0 Å². The van der Waals surface area contributed by atoms with Gasteiger partial charge in [0.15, 0.2) is 6.39 Å². The molecule has 1 rings (SSSR count). The molecule has 0 fully saturated rings. The highest BCUT2D eigenvalue weighted by Crippen LogP contribution is 2.16. The van der Waals surface area contributed by atoms with Crippen molar-refractivity contribution in [2.24, 2.45) is 5.92 Å². The number of aryl methyl sites for hydroxylation is 1. The molecule has 0 radical (unpaired) electrons. The number of rotatable bonds is 5. The van der Waals surface area contributed by atoms with Crippen LogP contribution < -0.4 is 0 Å². The van der Waals surface area contributed by atoms with E-state index in [4.69, 9.17) is 9.52 Å². The van der Waals surface area contributed by atoms with E-state index in [2.05, 4.69) is 4.98 Å². The number of hydrogen-bond donors (Lipinski definition) is 1. The third kappa shape index (κ3) is 3.40. The van der Waals surface area contributed by atoms with E-state index in [0.29, 0.717) is 5.92 Å². The van der Waals surface area contributed by atoms with Crippen LogP contribution in [0.2, 0.25) is 0 Å². The number of thioether (sulfide) groups is 1. The number of nitrogens with zero attached hydrogens (tertiary/aromatic N) is 1. The molecular weight excluding hydrogens is 186 g/mol. The van der Waals surface area contributed by atoms with Crippen LogP contribution in [-0.2, 0) is 5.75 Å². The first-order valence-electron chi connectivity index (χ1n) is 4.31. The summed E-state index contributed by atoms with van der Waals surface area (Å²) in [5.74, 6) is 3.08. The van der Waals surface area contributed by atoms with Crippen LogP contribution in [0.15, 0.2) is 10.8 Å². The summed E-state index contributed by atoms with van der Waals surface area (Å²) in [7, 11) is 0. The van der Waals surface area contributed by atoms with Crippen LogP contribution in [0.3, 0.4) is 0 Å². The molecule has 1 aromatic rings. The van der Waals surface area contributed by atoms with Gasteiger partial charge in [0.2, 0.25) is 0 Å². The molecule has 0 aliphatic carbocycles. The average Bonchev–Trinajstić information content (AvgIpc) is 2.52. The molecule has 1 aromatic heterocycles. The van der Waals surface area contributed by atoms with Gasteiger partial charge in [-0.3, -0.25) is 0 Å². The van der Waals surface area contributed by atoms with Gasteiger partial charge in [-0.15, -0.1) is 0 Å². The molecule has 0 aliphatic heterocycles. The zero-order chi connectivity index (χ0) is 9.68. The number of aliphatic hydroxyl groups is 1. The highest BCUT2D eigenvalue weighted by Gasteiger charge is 2.04. The Bertz CT molecular complexity index is 250. The Balaban J connectivity index is 2.24. The van der Waals surface area contributed by atoms with Crippen molar-refractivity contribution in [1.82, 2.24) is 4.98 Å². The van der Waals surface area contributed by atoms with E-state index in [1.165, 1.54) is 6.39 Å². The fourth-order valence-electron chi connectivity index (χ4n) is 0.876. The third-order valence-electron chi connectivity index (χ3n) is 1.80. The van der Waals surface area contributed by atoms with Crippen LogP contribution in [0.4, 0.5) is 0 Å². The maximum atomic E-state index is 8.80. The van der Waals surface area contributed by atoms with Gasteiger partial charge in [0.25, 0.3) is 0 Å². The van der Waals surface area contributed by atoms with Crippen molar-refractivity contribution in [2.45, 2.75) is 19.6 Å². The lowest BCUT2D eigenvalue weighted by Crippen LogP contribution is -2.03. The molecule has 1 atom stereocenters. The second-order valence-electron chi connectivity index (χ2n) is 3.16. The molecule has 1 N–H and O–H groups in total. The topological polar surface area (TPSA) is 46.3 Å². The van der Waals surface area contributed by atoms with Gasteiger partial charge in [0.05, 0.1) is 5.69 Å². The van der Waals surface area contributed by atoms with E-state index in [-0.39, 0.29) is 6.61 Å². The molecule has 0 aliphatic rings. The second-order valence-corrected chi connectivity index (χ2v) is 4.19. The largest absolute Gasteiger partial charge is 0.448 e. The summed E-state index contributed by atoms with van der Waals surface area (Å²) in [5.41, 5.74) is 1.01. The fraction of sp³-hybridized carbons (Fsp3) is 0.667. The summed E-state index contributed by atoms with van der Waals surface area (Å²) in [6.45, 7) is 4.20. The minimum Gasteiger partial charge on any atom is -0.448 e. The molecule has 0 amide bonds. The smallest absolute Gasteiger partial charge is 0.181 e. The first kappa shape index (κ1) is 10.6. The molecule has 0 spiro atoms. The summed E-state index contributed by atoms with van der Waals surface area (Å²) >= 11 is 1.78. The van der Waals surface area contributed by atoms with Gasteiger partial charge in [-0.05, 0) is 18.6 Å². The van der Waals surface area contributed by atoms with Gasteiger partial charge in [0.1, 0.15) is 5.76 Å². The highest BCUT2D eigenvalue weighted by molar-refractivity contribution is 7.98. The Hall–Kier alpha value is -0.480. The molecule has 3 nitrogen and oxygen atoms in total. The standard InChI is InChI=1S/C9H15NO2S/c1-7(3-11)4-13-5-9-8(2)12-6-10-9/h6-7,11H,3-5H2,1-2H3. The van der Waals surface area contributed by atoms with Crippen molar-refractivity contribution in [3.05, 3.63) is 17.8 Å². The third-order valence-corrected chi connectivity index (χ3v) is 3.08. The van der Waals surface area contributed by atoms with Gasteiger partial charge in [-0.25, -0.2) is 4.98 Å². The zero-order valence-corrected chi connectivity index (χ0v) is 8.80. The number of hydrogen-bond acceptors (Lipinski definition) is 4. The Morgan fingerprint density at radius 1 is 1.69 bits per heavy atom. The first-order valence-corrected chi connectivity index (χ1v) is 5.47. The van der Waals surface area contributed by atoms with Crippen molar-refractivity contribution >= 4 is 11.8 Å². The molecule has 0 bridgehead atoms. The Morgan fingerprint density at radius 3 is 3.00 bits per heavy atom. The van der Waals surface area contributed by atoms with E-state index in [1.807, 2.05) is 13.8 Å². The van der Waals surface area contributed by atoms with E-state index < -0.39 is 0 Å². The van der Waals surface area contributed by atoms with Crippen LogP contribution in [0, 0.1) is 12.8 Å². The highest BCUT2D eigenvalue weighted by atomic mass is 32.2. The zero-order valence-electron chi connectivity index (χ0n) is 7.99. The molecule has 1 heterocycles. The minimum atomic E-state index is 0.255. The number of aromatic nitrogens is 1. The van der Waals surface area contributed by atoms with Crippen molar-refractivity contribution < 1.29 is 9.52 Å². The molecular formula is C9H15NO2S. The quantitative estimate of drug-likeness (QED) is 0.789. The maximum Gasteiger partial charge on any atom is 0.181 e. The summed E-state index contributed by atoms with van der Waals surface area (Å²) in [4.78, 5) is 4.09. The van der Waals surface area contributed by atoms with Crippen LogP contribution in [-0.4, -0.2) is 22.5 Å². The molecule has 1 unspecified atom stereocenters. The SMILES string of the molecule is Cc1ocnc1CSCC(C)CO. The Morgan fingerprint density at radius 2 is 2.46 bits per heavy atom. The van der Waals surface area contributed by atoms with Gasteiger partial charge >= 0.3 is 0 Å². The summed E-state index contributed by atoms with van der Waals surface area (Å²) < 4.78 is 5.07. The van der Waals surface area contributed by atoms with Gasteiger partial charge in [-0.2, -0.15) is 11.8 Å². The summed E-state index contributed by atoms with van der Waals surface area (Å²) in [5, 5.41) is 8.80. The second kappa shape index (κ2) is 5.29. The molecule has 4 heteroatoms. The number of oxazole rings is 1. The number of aliphatic hydroxyl groups excluding tert-OH is 1. The lowest BCUT2D eigenvalue weighted by molar-refractivity contribution is 0.250. The predicted octanol–water partition coefficient (Wildman–Crippen LogP) is 1.84. The van der Waals surface area contributed by atoms with E-state index in [9.17, 15) is 0 Å². The Kier molecular flexibility index (Phi) is 4.32. The Labute approximate surface area is 82.6 Å². The fourth-order valence-corrected chi connectivity index (χ4v) is 1.97. The molecule has 0 aromatic carbocycles. The lowest BCUT2D eigenvalue weighted by Gasteiger charge is -2.05. The monoisotopic (exact) mass is 201 g/mol. The van der Waals surface area contributed by atoms with Crippen molar-refractivity contribution in [3.8, 4) is 0 Å². The molecule has 0 saturated heterocycles. The first-order chi connectivity index (χ1) is 6.24. The van der Waals surface area contributed by atoms with Gasteiger partial charge < -0.3 is 9.52 Å². The van der Waals surface area contributed by atoms with E-state index in [1.54, 1.807) is 11.8 Å². The normalized spacial score (nSPS) is 13.2. The van der Waals surface area contributed by atoms with Crippen molar-refractivity contribution in [2.75, 3.05) is 12.4 Å². The molecule has 74 valence electrons. The average molecular weight is 201 g/mol. The van der Waals surface area contributed by atoms with Gasteiger partial charge in [-0.1, -0.05) is 6.92 Å². The summed E-state index contributed by atoms with van der Waals surface area (Å²) in [6.07, 6.45) is 1.47. The molecule has 0 saturated carbocycles. The maximum absolute atomic E-state index is 8.80. The molecule has 13 heavy (non-hydrogen) atoms. The summed E-state index contributed by atoms with van der Waals surface area (Å²) in [6, 6.07) is 0.